The molecule has 2 aliphatic rings. The fraction of sp³-hybridized carbons (Fsp3) is 0.750. The number of aromatic nitrogens is 2. The molecule has 2 fully saturated rings. The van der Waals surface area contributed by atoms with Gasteiger partial charge in [-0.3, -0.25) is 4.79 Å². The van der Waals surface area contributed by atoms with Crippen molar-refractivity contribution in [2.24, 2.45) is 5.92 Å². The molecule has 0 atom stereocenters. The van der Waals surface area contributed by atoms with Crippen molar-refractivity contribution in [2.75, 3.05) is 50.1 Å². The van der Waals surface area contributed by atoms with Gasteiger partial charge >= 0.3 is 0 Å². The van der Waals surface area contributed by atoms with Crippen molar-refractivity contribution < 1.29 is 4.79 Å². The molecule has 1 saturated heterocycles. The van der Waals surface area contributed by atoms with Crippen molar-refractivity contribution in [1.29, 1.82) is 0 Å². The number of carbonyl (C=O) groups is 1. The van der Waals surface area contributed by atoms with E-state index in [1.807, 2.05) is 36.9 Å². The zero-order valence-corrected chi connectivity index (χ0v) is 16.6. The molecular formula is C20H33N5O. The van der Waals surface area contributed by atoms with Crippen LogP contribution in [0, 0.1) is 12.8 Å². The minimum absolute atomic E-state index is 0.336. The van der Waals surface area contributed by atoms with Crippen LogP contribution in [0.2, 0.25) is 0 Å². The summed E-state index contributed by atoms with van der Waals surface area (Å²) in [5, 5.41) is 0. The van der Waals surface area contributed by atoms with Crippen LogP contribution in [0.5, 0.6) is 0 Å². The van der Waals surface area contributed by atoms with Gasteiger partial charge in [0.25, 0.3) is 0 Å². The molecule has 2 heterocycles. The normalized spacial score (nSPS) is 18.9. The zero-order chi connectivity index (χ0) is 18.5. The maximum absolute atomic E-state index is 12.6. The molecule has 0 radical (unpaired) electrons. The van der Waals surface area contributed by atoms with Gasteiger partial charge in [-0.2, -0.15) is 0 Å². The van der Waals surface area contributed by atoms with Crippen LogP contribution in [-0.2, 0) is 4.79 Å². The van der Waals surface area contributed by atoms with Gasteiger partial charge in [0.15, 0.2) is 0 Å². The molecule has 3 rings (SSSR count). The minimum atomic E-state index is 0.336. The van der Waals surface area contributed by atoms with E-state index in [1.165, 1.54) is 32.1 Å². The summed E-state index contributed by atoms with van der Waals surface area (Å²) < 4.78 is 0. The van der Waals surface area contributed by atoms with Gasteiger partial charge in [-0.1, -0.05) is 32.1 Å². The van der Waals surface area contributed by atoms with Crippen LogP contribution in [0.4, 0.5) is 11.6 Å². The lowest BCUT2D eigenvalue weighted by Gasteiger charge is -2.36. The third kappa shape index (κ3) is 4.86. The van der Waals surface area contributed by atoms with Gasteiger partial charge in [0.05, 0.1) is 0 Å². The second kappa shape index (κ2) is 8.69. The summed E-state index contributed by atoms with van der Waals surface area (Å²) >= 11 is 0. The minimum Gasteiger partial charge on any atom is -0.363 e. The second-order valence-corrected chi connectivity index (χ2v) is 7.94. The lowest BCUT2D eigenvalue weighted by atomic mass is 9.86. The van der Waals surface area contributed by atoms with E-state index in [-0.39, 0.29) is 0 Å². The number of aryl methyl sites for hydroxylation is 1. The Labute approximate surface area is 157 Å². The number of rotatable bonds is 5. The van der Waals surface area contributed by atoms with E-state index >= 15 is 0 Å². The highest BCUT2D eigenvalue weighted by Gasteiger charge is 2.23. The molecule has 6 heteroatoms. The van der Waals surface area contributed by atoms with Crippen LogP contribution >= 0.6 is 0 Å². The fourth-order valence-corrected chi connectivity index (χ4v) is 4.07. The summed E-state index contributed by atoms with van der Waals surface area (Å²) in [6, 6.07) is 2.04. The first kappa shape index (κ1) is 18.9. The number of anilines is 2. The fourth-order valence-electron chi connectivity index (χ4n) is 4.07. The Morgan fingerprint density at radius 1 is 1.12 bits per heavy atom. The summed E-state index contributed by atoms with van der Waals surface area (Å²) in [6.45, 7) is 5.21. The first-order valence-electron chi connectivity index (χ1n) is 10.1. The van der Waals surface area contributed by atoms with Gasteiger partial charge in [-0.25, -0.2) is 9.97 Å². The van der Waals surface area contributed by atoms with Gasteiger partial charge in [-0.05, 0) is 19.3 Å². The predicted octanol–water partition coefficient (Wildman–Crippen LogP) is 2.86. The molecule has 1 aliphatic heterocycles. The summed E-state index contributed by atoms with van der Waals surface area (Å²) in [5.41, 5.74) is 0. The van der Waals surface area contributed by atoms with Gasteiger partial charge in [0.1, 0.15) is 17.5 Å². The molecule has 0 unspecified atom stereocenters. The molecule has 144 valence electrons. The van der Waals surface area contributed by atoms with E-state index < -0.39 is 0 Å². The van der Waals surface area contributed by atoms with Crippen molar-refractivity contribution in [3.8, 4) is 0 Å². The average molecular weight is 360 g/mol. The van der Waals surface area contributed by atoms with E-state index in [2.05, 4.69) is 14.9 Å². The van der Waals surface area contributed by atoms with Gasteiger partial charge in [0.2, 0.25) is 5.91 Å². The third-order valence-corrected chi connectivity index (χ3v) is 5.72. The molecule has 1 saturated carbocycles. The third-order valence-electron chi connectivity index (χ3n) is 5.72. The lowest BCUT2D eigenvalue weighted by molar-refractivity contribution is -0.131. The van der Waals surface area contributed by atoms with Gasteiger partial charge in [0, 0.05) is 52.8 Å². The molecular weight excluding hydrogens is 326 g/mol. The Hall–Kier alpha value is -1.85. The standard InChI is InChI=1S/C20H33N5O/c1-16-21-18(23(2)3)15-19(22-16)24-11-13-25(14-12-24)20(26)10-9-17-7-5-4-6-8-17/h15,17H,4-14H2,1-3H3. The van der Waals surface area contributed by atoms with Crippen molar-refractivity contribution in [3.63, 3.8) is 0 Å². The summed E-state index contributed by atoms with van der Waals surface area (Å²) in [4.78, 5) is 27.9. The first-order valence-corrected chi connectivity index (χ1v) is 10.1. The molecule has 26 heavy (non-hydrogen) atoms. The molecule has 1 amide bonds. The van der Waals surface area contributed by atoms with E-state index in [9.17, 15) is 4.79 Å². The van der Waals surface area contributed by atoms with Crippen LogP contribution in [0.15, 0.2) is 6.07 Å². The Balaban J connectivity index is 1.50. The summed E-state index contributed by atoms with van der Waals surface area (Å²) in [7, 11) is 3.99. The molecule has 1 aromatic rings. The number of amides is 1. The molecule has 0 bridgehead atoms. The van der Waals surface area contributed by atoms with Crippen molar-refractivity contribution in [1.82, 2.24) is 14.9 Å². The van der Waals surface area contributed by atoms with Crippen LogP contribution < -0.4 is 9.80 Å². The highest BCUT2D eigenvalue weighted by atomic mass is 16.2. The highest BCUT2D eigenvalue weighted by Crippen LogP contribution is 2.27. The Morgan fingerprint density at radius 3 is 2.46 bits per heavy atom. The number of piperazine rings is 1. The molecule has 0 N–H and O–H groups in total. The number of hydrogen-bond donors (Lipinski definition) is 0. The SMILES string of the molecule is Cc1nc(N(C)C)cc(N2CCN(C(=O)CCC3CCCCC3)CC2)n1. The Kier molecular flexibility index (Phi) is 6.33. The lowest BCUT2D eigenvalue weighted by Crippen LogP contribution is -2.49. The summed E-state index contributed by atoms with van der Waals surface area (Å²) in [5.74, 6) is 3.80. The van der Waals surface area contributed by atoms with Crippen LogP contribution in [0.1, 0.15) is 50.8 Å². The van der Waals surface area contributed by atoms with Crippen LogP contribution in [0.25, 0.3) is 0 Å². The first-order chi connectivity index (χ1) is 12.5. The van der Waals surface area contributed by atoms with E-state index in [1.54, 1.807) is 0 Å². The van der Waals surface area contributed by atoms with E-state index in [4.69, 9.17) is 0 Å². The van der Waals surface area contributed by atoms with Crippen LogP contribution in [0.3, 0.4) is 0 Å². The topological polar surface area (TPSA) is 52.6 Å². The van der Waals surface area contributed by atoms with Crippen LogP contribution in [-0.4, -0.2) is 61.0 Å². The van der Waals surface area contributed by atoms with E-state index in [0.717, 1.165) is 62.4 Å². The number of nitrogens with zero attached hydrogens (tertiary/aromatic N) is 5. The molecule has 6 nitrogen and oxygen atoms in total. The smallest absolute Gasteiger partial charge is 0.222 e. The molecule has 1 aromatic heterocycles. The number of carbonyl (C=O) groups excluding carboxylic acids is 1. The zero-order valence-electron chi connectivity index (χ0n) is 16.6. The molecule has 0 aromatic carbocycles. The maximum atomic E-state index is 12.6. The number of hydrogen-bond acceptors (Lipinski definition) is 5. The molecule has 1 aliphatic carbocycles. The quantitative estimate of drug-likeness (QED) is 0.809. The Morgan fingerprint density at radius 2 is 1.81 bits per heavy atom. The van der Waals surface area contributed by atoms with Crippen molar-refractivity contribution in [3.05, 3.63) is 11.9 Å². The van der Waals surface area contributed by atoms with Crippen molar-refractivity contribution in [2.45, 2.75) is 51.9 Å². The second-order valence-electron chi connectivity index (χ2n) is 7.94. The summed E-state index contributed by atoms with van der Waals surface area (Å²) in [6.07, 6.45) is 8.53. The largest absolute Gasteiger partial charge is 0.363 e. The predicted molar refractivity (Wildman–Crippen MR) is 106 cm³/mol. The maximum Gasteiger partial charge on any atom is 0.222 e. The molecule has 0 spiro atoms. The van der Waals surface area contributed by atoms with Crippen molar-refractivity contribution >= 4 is 17.5 Å². The van der Waals surface area contributed by atoms with E-state index in [0.29, 0.717) is 5.91 Å². The van der Waals surface area contributed by atoms with Gasteiger partial charge < -0.3 is 14.7 Å². The van der Waals surface area contributed by atoms with Gasteiger partial charge in [-0.15, -0.1) is 0 Å². The Bertz CT molecular complexity index is 604. The highest BCUT2D eigenvalue weighted by molar-refractivity contribution is 5.76. The average Bonchev–Trinajstić information content (AvgIpc) is 2.66. The monoisotopic (exact) mass is 359 g/mol.